The first-order valence-electron chi connectivity index (χ1n) is 5.90. The summed E-state index contributed by atoms with van der Waals surface area (Å²) >= 11 is 3.29. The molecule has 0 spiro atoms. The molecule has 3 nitrogen and oxygen atoms in total. The van der Waals surface area contributed by atoms with Gasteiger partial charge < -0.3 is 0 Å². The molecule has 1 aromatic carbocycles. The molecule has 94 valence electrons. The van der Waals surface area contributed by atoms with Crippen LogP contribution in [0.3, 0.4) is 0 Å². The Bertz CT molecular complexity index is 475. The van der Waals surface area contributed by atoms with Crippen LogP contribution in [0.1, 0.15) is 40.0 Å². The number of fused-ring (bicyclic) bond motifs is 1. The van der Waals surface area contributed by atoms with Crippen molar-refractivity contribution in [2.24, 2.45) is 0 Å². The Morgan fingerprint density at radius 1 is 1.11 bits per heavy atom. The van der Waals surface area contributed by atoms with E-state index in [1.54, 1.807) is 24.3 Å². The highest BCUT2D eigenvalue weighted by molar-refractivity contribution is 9.11. The Balaban J connectivity index is 1.99. The van der Waals surface area contributed by atoms with Crippen molar-refractivity contribution in [1.82, 2.24) is 4.90 Å². The fraction of sp³-hybridized carbons (Fsp3) is 0.286. The summed E-state index contributed by atoms with van der Waals surface area (Å²) in [7, 11) is 0. The Morgan fingerprint density at radius 3 is 2.17 bits per heavy atom. The van der Waals surface area contributed by atoms with Crippen LogP contribution in [0.25, 0.3) is 0 Å². The van der Waals surface area contributed by atoms with E-state index in [1.165, 1.54) is 4.90 Å². The van der Waals surface area contributed by atoms with Gasteiger partial charge in [-0.25, -0.2) is 0 Å². The normalized spacial score (nSPS) is 13.9. The lowest BCUT2D eigenvalue weighted by Gasteiger charge is -2.13. The molecule has 0 saturated carbocycles. The summed E-state index contributed by atoms with van der Waals surface area (Å²) < 4.78 is 0.949. The molecular formula is C14H14BrNO2. The number of allylic oxidation sites excluding steroid dienone is 1. The van der Waals surface area contributed by atoms with Crippen LogP contribution >= 0.6 is 15.9 Å². The molecule has 0 fully saturated rings. The summed E-state index contributed by atoms with van der Waals surface area (Å²) in [4.78, 5) is 25.4. The minimum atomic E-state index is -0.173. The molecule has 1 aliphatic rings. The van der Waals surface area contributed by atoms with Gasteiger partial charge in [0.15, 0.2) is 0 Å². The van der Waals surface area contributed by atoms with Crippen LogP contribution in [0.2, 0.25) is 0 Å². The van der Waals surface area contributed by atoms with Crippen molar-refractivity contribution in [2.45, 2.75) is 19.3 Å². The number of halogens is 1. The number of nitrogens with zero attached hydrogens (tertiary/aromatic N) is 1. The number of benzene rings is 1. The highest BCUT2D eigenvalue weighted by atomic mass is 79.9. The number of carbonyl (C=O) groups excluding carboxylic acids is 2. The van der Waals surface area contributed by atoms with Crippen molar-refractivity contribution in [3.8, 4) is 0 Å². The molecule has 1 heterocycles. The van der Waals surface area contributed by atoms with Gasteiger partial charge in [0, 0.05) is 6.54 Å². The predicted octanol–water partition coefficient (Wildman–Crippen LogP) is 3.36. The quantitative estimate of drug-likeness (QED) is 0.618. The van der Waals surface area contributed by atoms with Crippen LogP contribution in [0, 0.1) is 0 Å². The average molecular weight is 308 g/mol. The zero-order valence-electron chi connectivity index (χ0n) is 9.99. The highest BCUT2D eigenvalue weighted by Crippen LogP contribution is 2.23. The van der Waals surface area contributed by atoms with Gasteiger partial charge >= 0.3 is 0 Å². The van der Waals surface area contributed by atoms with Crippen LogP contribution in [0.5, 0.6) is 0 Å². The zero-order valence-corrected chi connectivity index (χ0v) is 11.6. The first-order chi connectivity index (χ1) is 8.61. The van der Waals surface area contributed by atoms with Gasteiger partial charge in [0.25, 0.3) is 11.8 Å². The van der Waals surface area contributed by atoms with Crippen molar-refractivity contribution >= 4 is 27.7 Å². The van der Waals surface area contributed by atoms with Crippen molar-refractivity contribution in [3.05, 3.63) is 46.5 Å². The maximum Gasteiger partial charge on any atom is 0.261 e. The summed E-state index contributed by atoms with van der Waals surface area (Å²) in [5, 5.41) is 0. The second kappa shape index (κ2) is 5.48. The minimum absolute atomic E-state index is 0.173. The molecule has 0 aromatic heterocycles. The maximum atomic E-state index is 12.0. The number of rotatable bonds is 5. The maximum absolute atomic E-state index is 12.0. The van der Waals surface area contributed by atoms with Gasteiger partial charge in [-0.2, -0.15) is 0 Å². The first kappa shape index (κ1) is 13.0. The molecule has 0 radical (unpaired) electrons. The van der Waals surface area contributed by atoms with Gasteiger partial charge in [0.05, 0.1) is 11.1 Å². The minimum Gasteiger partial charge on any atom is -0.274 e. The lowest BCUT2D eigenvalue weighted by Crippen LogP contribution is -2.30. The number of amides is 2. The molecule has 2 rings (SSSR count). The predicted molar refractivity (Wildman–Crippen MR) is 73.7 cm³/mol. The van der Waals surface area contributed by atoms with Crippen LogP contribution in [-0.2, 0) is 0 Å². The van der Waals surface area contributed by atoms with Crippen LogP contribution in [-0.4, -0.2) is 23.3 Å². The second-order valence-corrected chi connectivity index (χ2v) is 5.40. The Hall–Kier alpha value is -1.42. The van der Waals surface area contributed by atoms with E-state index in [0.29, 0.717) is 17.7 Å². The third-order valence-electron chi connectivity index (χ3n) is 2.96. The Morgan fingerprint density at radius 2 is 1.67 bits per heavy atom. The van der Waals surface area contributed by atoms with E-state index in [0.717, 1.165) is 23.7 Å². The molecule has 4 heteroatoms. The van der Waals surface area contributed by atoms with Gasteiger partial charge in [-0.1, -0.05) is 34.6 Å². The number of unbranched alkanes of at least 4 members (excludes halogenated alkanes) is 1. The van der Waals surface area contributed by atoms with Crippen molar-refractivity contribution in [1.29, 1.82) is 0 Å². The smallest absolute Gasteiger partial charge is 0.261 e. The van der Waals surface area contributed by atoms with E-state index in [9.17, 15) is 9.59 Å². The van der Waals surface area contributed by atoms with Crippen LogP contribution in [0.15, 0.2) is 35.3 Å². The zero-order chi connectivity index (χ0) is 13.1. The monoisotopic (exact) mass is 307 g/mol. The molecule has 18 heavy (non-hydrogen) atoms. The van der Waals surface area contributed by atoms with E-state index in [1.807, 2.05) is 0 Å². The number of hydrogen-bond donors (Lipinski definition) is 0. The van der Waals surface area contributed by atoms with E-state index < -0.39 is 0 Å². The first-order valence-corrected chi connectivity index (χ1v) is 6.69. The molecule has 0 N–H and O–H groups in total. The summed E-state index contributed by atoms with van der Waals surface area (Å²) in [5.74, 6) is -0.346. The topological polar surface area (TPSA) is 37.4 Å². The fourth-order valence-electron chi connectivity index (χ4n) is 2.03. The van der Waals surface area contributed by atoms with Crippen molar-refractivity contribution in [3.63, 3.8) is 0 Å². The molecule has 2 amide bonds. The summed E-state index contributed by atoms with van der Waals surface area (Å²) in [6, 6.07) is 6.97. The molecular weight excluding hydrogens is 294 g/mol. The van der Waals surface area contributed by atoms with Crippen LogP contribution < -0.4 is 0 Å². The molecule has 1 aliphatic heterocycles. The summed E-state index contributed by atoms with van der Waals surface area (Å²) in [6.45, 7) is 4.23. The fourth-order valence-corrected chi connectivity index (χ4v) is 2.31. The van der Waals surface area contributed by atoms with E-state index >= 15 is 0 Å². The van der Waals surface area contributed by atoms with Gasteiger partial charge in [0.1, 0.15) is 0 Å². The van der Waals surface area contributed by atoms with Gasteiger partial charge in [-0.15, -0.1) is 0 Å². The molecule has 0 aliphatic carbocycles. The molecule has 0 atom stereocenters. The largest absolute Gasteiger partial charge is 0.274 e. The summed E-state index contributed by atoms with van der Waals surface area (Å²) in [5.41, 5.74) is 1.04. The van der Waals surface area contributed by atoms with Crippen molar-refractivity contribution < 1.29 is 9.59 Å². The average Bonchev–Trinajstić information content (AvgIpc) is 2.59. The Labute approximate surface area is 115 Å². The second-order valence-electron chi connectivity index (χ2n) is 4.28. The van der Waals surface area contributed by atoms with Gasteiger partial charge in [-0.3, -0.25) is 14.5 Å². The van der Waals surface area contributed by atoms with E-state index in [4.69, 9.17) is 0 Å². The number of carbonyl (C=O) groups is 2. The molecule has 0 unspecified atom stereocenters. The van der Waals surface area contributed by atoms with Crippen LogP contribution in [0.4, 0.5) is 0 Å². The highest BCUT2D eigenvalue weighted by Gasteiger charge is 2.34. The van der Waals surface area contributed by atoms with E-state index in [2.05, 4.69) is 22.5 Å². The third kappa shape index (κ3) is 2.53. The summed E-state index contributed by atoms with van der Waals surface area (Å²) in [6.07, 6.45) is 2.58. The molecule has 1 aromatic rings. The third-order valence-corrected chi connectivity index (χ3v) is 3.35. The Kier molecular flexibility index (Phi) is 3.97. The van der Waals surface area contributed by atoms with Gasteiger partial charge in [-0.05, 0) is 35.9 Å². The standard InChI is InChI=1S/C14H14BrNO2/c1-10(15)6-4-5-9-16-13(17)11-7-2-3-8-12(11)14(16)18/h2-3,7-8H,1,4-6,9H2. The lowest BCUT2D eigenvalue weighted by atomic mass is 10.1. The molecule has 0 saturated heterocycles. The number of imide groups is 1. The van der Waals surface area contributed by atoms with Gasteiger partial charge in [0.2, 0.25) is 0 Å². The van der Waals surface area contributed by atoms with Crippen molar-refractivity contribution in [2.75, 3.05) is 6.54 Å². The van der Waals surface area contributed by atoms with E-state index in [-0.39, 0.29) is 11.8 Å². The SMILES string of the molecule is C=C(Br)CCCCN1C(=O)c2ccccc2C1=O. The molecule has 0 bridgehead atoms. The number of hydrogen-bond acceptors (Lipinski definition) is 2. The lowest BCUT2D eigenvalue weighted by molar-refractivity contribution is 0.0652.